The maximum atomic E-state index is 12.4. The molecule has 0 spiro atoms. The maximum absolute atomic E-state index is 12.4. The van der Waals surface area contributed by atoms with Gasteiger partial charge in [0.25, 0.3) is 0 Å². The molecule has 1 rings (SSSR count). The second-order valence-corrected chi connectivity index (χ2v) is 7.02. The summed E-state index contributed by atoms with van der Waals surface area (Å²) in [6, 6.07) is 6.67. The Labute approximate surface area is 116 Å². The summed E-state index contributed by atoms with van der Waals surface area (Å²) in [5.74, 6) is 0. The Balaban J connectivity index is 3.18. The molecule has 0 aliphatic rings. The molecule has 98 valence electrons. The van der Waals surface area contributed by atoms with E-state index < -0.39 is 10.0 Å². The molecule has 0 saturated heterocycles. The molecule has 4 nitrogen and oxygen atoms in total. The van der Waals surface area contributed by atoms with E-state index in [1.54, 1.807) is 32.0 Å². The van der Waals surface area contributed by atoms with Crippen molar-refractivity contribution >= 4 is 26.0 Å². The van der Waals surface area contributed by atoms with Crippen LogP contribution in [0.15, 0.2) is 27.6 Å². The molecule has 0 amide bonds. The number of nitrogens with zero attached hydrogens (tertiary/aromatic N) is 2. The third-order valence-electron chi connectivity index (χ3n) is 2.80. The van der Waals surface area contributed by atoms with E-state index in [2.05, 4.69) is 15.9 Å². The SMILES string of the molecule is Cc1cc(Br)ccc1S(=O)(=O)N(C)[C@H](C)CC#N. The van der Waals surface area contributed by atoms with Gasteiger partial charge < -0.3 is 0 Å². The fraction of sp³-hybridized carbons (Fsp3) is 0.417. The minimum atomic E-state index is -3.55. The second-order valence-electron chi connectivity index (χ2n) is 4.14. The van der Waals surface area contributed by atoms with E-state index in [1.165, 1.54) is 11.4 Å². The van der Waals surface area contributed by atoms with Gasteiger partial charge in [0.15, 0.2) is 0 Å². The summed E-state index contributed by atoms with van der Waals surface area (Å²) in [7, 11) is -2.05. The van der Waals surface area contributed by atoms with Crippen molar-refractivity contribution in [3.8, 4) is 6.07 Å². The van der Waals surface area contributed by atoms with Gasteiger partial charge in [-0.2, -0.15) is 9.57 Å². The number of rotatable bonds is 4. The van der Waals surface area contributed by atoms with E-state index in [1.807, 2.05) is 6.07 Å². The van der Waals surface area contributed by atoms with Crippen molar-refractivity contribution in [2.75, 3.05) is 7.05 Å². The number of aryl methyl sites for hydroxylation is 1. The molecule has 0 unspecified atom stereocenters. The second kappa shape index (κ2) is 5.83. The van der Waals surface area contributed by atoms with Crippen LogP contribution >= 0.6 is 15.9 Å². The van der Waals surface area contributed by atoms with Crippen LogP contribution in [0, 0.1) is 18.3 Å². The van der Waals surface area contributed by atoms with Crippen LogP contribution in [0.1, 0.15) is 18.9 Å². The Morgan fingerprint density at radius 2 is 2.11 bits per heavy atom. The fourth-order valence-corrected chi connectivity index (χ4v) is 3.59. The standard InChI is InChI=1S/C12H15BrN2O2S/c1-9-8-11(13)4-5-12(9)18(16,17)15(3)10(2)6-7-14/h4-5,8,10H,6H2,1-3H3/t10-/m1/s1. The summed E-state index contributed by atoms with van der Waals surface area (Å²) >= 11 is 3.30. The molecule has 0 heterocycles. The normalized spacial score (nSPS) is 13.3. The highest BCUT2D eigenvalue weighted by atomic mass is 79.9. The van der Waals surface area contributed by atoms with Gasteiger partial charge in [0, 0.05) is 17.6 Å². The zero-order valence-corrected chi connectivity index (χ0v) is 12.9. The van der Waals surface area contributed by atoms with Crippen molar-refractivity contribution in [1.82, 2.24) is 4.31 Å². The molecular formula is C12H15BrN2O2S. The van der Waals surface area contributed by atoms with E-state index >= 15 is 0 Å². The molecule has 18 heavy (non-hydrogen) atoms. The van der Waals surface area contributed by atoms with Crippen molar-refractivity contribution < 1.29 is 8.42 Å². The van der Waals surface area contributed by atoms with E-state index in [0.717, 1.165) is 4.47 Å². The lowest BCUT2D eigenvalue weighted by atomic mass is 10.2. The summed E-state index contributed by atoms with van der Waals surface area (Å²) in [4.78, 5) is 0.276. The van der Waals surface area contributed by atoms with Crippen LogP contribution in [0.5, 0.6) is 0 Å². The average molecular weight is 331 g/mol. The zero-order valence-electron chi connectivity index (χ0n) is 10.5. The lowest BCUT2D eigenvalue weighted by Crippen LogP contribution is -2.35. The molecule has 1 atom stereocenters. The van der Waals surface area contributed by atoms with Gasteiger partial charge >= 0.3 is 0 Å². The Morgan fingerprint density at radius 3 is 2.61 bits per heavy atom. The van der Waals surface area contributed by atoms with E-state index in [0.29, 0.717) is 5.56 Å². The molecule has 0 N–H and O–H groups in total. The summed E-state index contributed by atoms with van der Waals surface area (Å²) in [6.45, 7) is 3.47. The van der Waals surface area contributed by atoms with Crippen LogP contribution in [-0.4, -0.2) is 25.8 Å². The number of nitriles is 1. The molecule has 0 bridgehead atoms. The quantitative estimate of drug-likeness (QED) is 0.852. The van der Waals surface area contributed by atoms with Gasteiger partial charge in [0.1, 0.15) is 0 Å². The minimum absolute atomic E-state index is 0.172. The number of halogens is 1. The molecule has 0 fully saturated rings. The van der Waals surface area contributed by atoms with Crippen molar-refractivity contribution in [3.05, 3.63) is 28.2 Å². The Morgan fingerprint density at radius 1 is 1.50 bits per heavy atom. The van der Waals surface area contributed by atoms with Gasteiger partial charge in [0.2, 0.25) is 10.0 Å². The first-order chi connectivity index (χ1) is 8.30. The Hall–Kier alpha value is -0.900. The van der Waals surface area contributed by atoms with Gasteiger partial charge in [-0.1, -0.05) is 15.9 Å². The lowest BCUT2D eigenvalue weighted by Gasteiger charge is -2.23. The molecule has 0 aliphatic heterocycles. The molecule has 0 saturated carbocycles. The molecule has 1 aromatic carbocycles. The van der Waals surface area contributed by atoms with Gasteiger partial charge in [-0.15, -0.1) is 0 Å². The zero-order chi connectivity index (χ0) is 13.9. The molecule has 1 aromatic rings. The summed E-state index contributed by atoms with van der Waals surface area (Å²) in [5, 5.41) is 8.64. The Kier molecular flexibility index (Phi) is 4.91. The molecule has 0 aliphatic carbocycles. The van der Waals surface area contributed by atoms with Crippen molar-refractivity contribution in [3.63, 3.8) is 0 Å². The summed E-state index contributed by atoms with van der Waals surface area (Å²) in [6.07, 6.45) is 0.172. The van der Waals surface area contributed by atoms with Gasteiger partial charge in [-0.05, 0) is 37.6 Å². The highest BCUT2D eigenvalue weighted by Gasteiger charge is 2.26. The summed E-state index contributed by atoms with van der Waals surface area (Å²) < 4.78 is 26.8. The number of sulfonamides is 1. The molecule has 0 radical (unpaired) electrons. The van der Waals surface area contributed by atoms with Gasteiger partial charge in [-0.25, -0.2) is 8.42 Å². The highest BCUT2D eigenvalue weighted by Crippen LogP contribution is 2.24. The largest absolute Gasteiger partial charge is 0.243 e. The molecule has 0 aromatic heterocycles. The predicted molar refractivity (Wildman–Crippen MR) is 73.5 cm³/mol. The van der Waals surface area contributed by atoms with Crippen molar-refractivity contribution in [1.29, 1.82) is 5.26 Å². The monoisotopic (exact) mass is 330 g/mol. The third kappa shape index (κ3) is 3.10. The first-order valence-electron chi connectivity index (χ1n) is 5.42. The first-order valence-corrected chi connectivity index (χ1v) is 7.65. The number of hydrogen-bond donors (Lipinski definition) is 0. The van der Waals surface area contributed by atoms with Crippen LogP contribution < -0.4 is 0 Å². The predicted octanol–water partition coefficient (Wildman–Crippen LogP) is 2.68. The third-order valence-corrected chi connectivity index (χ3v) is 5.43. The summed E-state index contributed by atoms with van der Waals surface area (Å²) in [5.41, 5.74) is 0.681. The number of benzene rings is 1. The minimum Gasteiger partial charge on any atom is -0.207 e. The van der Waals surface area contributed by atoms with E-state index in [4.69, 9.17) is 5.26 Å². The van der Waals surface area contributed by atoms with Crippen LogP contribution in [0.2, 0.25) is 0 Å². The average Bonchev–Trinajstić information content (AvgIpc) is 2.27. The lowest BCUT2D eigenvalue weighted by molar-refractivity contribution is 0.393. The van der Waals surface area contributed by atoms with Crippen LogP contribution in [0.25, 0.3) is 0 Å². The molecular weight excluding hydrogens is 316 g/mol. The number of hydrogen-bond acceptors (Lipinski definition) is 3. The van der Waals surface area contributed by atoms with Crippen molar-refractivity contribution in [2.45, 2.75) is 31.2 Å². The van der Waals surface area contributed by atoms with E-state index in [-0.39, 0.29) is 17.4 Å². The topological polar surface area (TPSA) is 61.2 Å². The van der Waals surface area contributed by atoms with Crippen LogP contribution in [-0.2, 0) is 10.0 Å². The Bertz CT molecular complexity index is 578. The van der Waals surface area contributed by atoms with E-state index in [9.17, 15) is 8.42 Å². The molecule has 6 heteroatoms. The van der Waals surface area contributed by atoms with Gasteiger partial charge in [-0.3, -0.25) is 0 Å². The van der Waals surface area contributed by atoms with Crippen LogP contribution in [0.3, 0.4) is 0 Å². The fourth-order valence-electron chi connectivity index (χ4n) is 1.55. The first kappa shape index (κ1) is 15.2. The van der Waals surface area contributed by atoms with Gasteiger partial charge in [0.05, 0.1) is 17.4 Å². The van der Waals surface area contributed by atoms with Crippen LogP contribution in [0.4, 0.5) is 0 Å². The highest BCUT2D eigenvalue weighted by molar-refractivity contribution is 9.10. The smallest absolute Gasteiger partial charge is 0.207 e. The maximum Gasteiger partial charge on any atom is 0.243 e. The van der Waals surface area contributed by atoms with Crippen molar-refractivity contribution in [2.24, 2.45) is 0 Å².